The summed E-state index contributed by atoms with van der Waals surface area (Å²) in [4.78, 5) is 0. The fourth-order valence-corrected chi connectivity index (χ4v) is 1.99. The Labute approximate surface area is 85.1 Å². The van der Waals surface area contributed by atoms with E-state index in [0.29, 0.717) is 5.92 Å². The Kier molecular flexibility index (Phi) is 3.00. The maximum Gasteiger partial charge on any atom is 0.0602 e. The Morgan fingerprint density at radius 2 is 1.93 bits per heavy atom. The number of hydrogen-bond donors (Lipinski definition) is 1. The van der Waals surface area contributed by atoms with Gasteiger partial charge in [0.25, 0.3) is 0 Å². The molecule has 1 N–H and O–H groups in total. The van der Waals surface area contributed by atoms with Gasteiger partial charge in [-0.25, -0.2) is 0 Å². The molecule has 0 spiro atoms. The van der Waals surface area contributed by atoms with Gasteiger partial charge in [-0.2, -0.15) is 0 Å². The summed E-state index contributed by atoms with van der Waals surface area (Å²) in [5, 5.41) is 9.62. The largest absolute Gasteiger partial charge is 0.393 e. The lowest BCUT2D eigenvalue weighted by Crippen LogP contribution is -2.09. The van der Waals surface area contributed by atoms with Crippen LogP contribution in [0.4, 0.5) is 0 Å². The van der Waals surface area contributed by atoms with Crippen LogP contribution in [0.25, 0.3) is 6.08 Å². The zero-order valence-electron chi connectivity index (χ0n) is 8.26. The van der Waals surface area contributed by atoms with E-state index in [4.69, 9.17) is 0 Å². The highest BCUT2D eigenvalue weighted by molar-refractivity contribution is 5.49. The second-order valence-electron chi connectivity index (χ2n) is 3.93. The monoisotopic (exact) mass is 188 g/mol. The first kappa shape index (κ1) is 9.47. The number of hydrogen-bond acceptors (Lipinski definition) is 1. The molecule has 2 unspecified atom stereocenters. The maximum atomic E-state index is 9.62. The first-order valence-corrected chi connectivity index (χ1v) is 5.27. The molecule has 1 aliphatic rings. The van der Waals surface area contributed by atoms with Crippen molar-refractivity contribution in [3.05, 3.63) is 42.0 Å². The van der Waals surface area contributed by atoms with Crippen molar-refractivity contribution >= 4 is 6.08 Å². The molecule has 0 aromatic heterocycles. The van der Waals surface area contributed by atoms with Crippen molar-refractivity contribution in [1.82, 2.24) is 0 Å². The van der Waals surface area contributed by atoms with Crippen LogP contribution >= 0.6 is 0 Å². The third-order valence-electron chi connectivity index (χ3n) is 2.87. The highest BCUT2D eigenvalue weighted by atomic mass is 16.3. The third-order valence-corrected chi connectivity index (χ3v) is 2.87. The topological polar surface area (TPSA) is 20.2 Å². The van der Waals surface area contributed by atoms with Crippen LogP contribution in [0, 0.1) is 5.92 Å². The normalized spacial score (nSPS) is 27.2. The van der Waals surface area contributed by atoms with Crippen LogP contribution in [0.2, 0.25) is 0 Å². The van der Waals surface area contributed by atoms with Crippen molar-refractivity contribution in [2.24, 2.45) is 5.92 Å². The van der Waals surface area contributed by atoms with Crippen LogP contribution in [0.3, 0.4) is 0 Å². The molecule has 14 heavy (non-hydrogen) atoms. The molecule has 74 valence electrons. The van der Waals surface area contributed by atoms with Crippen molar-refractivity contribution in [3.63, 3.8) is 0 Å². The summed E-state index contributed by atoms with van der Waals surface area (Å²) in [6.07, 6.45) is 7.39. The van der Waals surface area contributed by atoms with Gasteiger partial charge in [0.05, 0.1) is 6.10 Å². The first-order chi connectivity index (χ1) is 6.86. The summed E-state index contributed by atoms with van der Waals surface area (Å²) in [6, 6.07) is 10.2. The number of aliphatic hydroxyl groups excluding tert-OH is 1. The molecule has 0 heterocycles. The lowest BCUT2D eigenvalue weighted by molar-refractivity contribution is 0.153. The van der Waals surface area contributed by atoms with Crippen molar-refractivity contribution in [2.75, 3.05) is 0 Å². The molecule has 0 radical (unpaired) electrons. The molecule has 1 heteroatoms. The smallest absolute Gasteiger partial charge is 0.0602 e. The SMILES string of the molecule is OC1CCCC1/C=C/c1ccccc1. The van der Waals surface area contributed by atoms with Gasteiger partial charge in [-0.1, -0.05) is 48.9 Å². The minimum Gasteiger partial charge on any atom is -0.393 e. The lowest BCUT2D eigenvalue weighted by Gasteiger charge is -2.07. The van der Waals surface area contributed by atoms with E-state index >= 15 is 0 Å². The van der Waals surface area contributed by atoms with Gasteiger partial charge in [0.2, 0.25) is 0 Å². The molecule has 2 atom stereocenters. The Morgan fingerprint density at radius 1 is 1.14 bits per heavy atom. The van der Waals surface area contributed by atoms with Crippen LogP contribution in [-0.2, 0) is 0 Å². The molecular formula is C13H16O. The quantitative estimate of drug-likeness (QED) is 0.756. The Bertz CT molecular complexity index is 302. The van der Waals surface area contributed by atoms with Gasteiger partial charge >= 0.3 is 0 Å². The van der Waals surface area contributed by atoms with Crippen LogP contribution in [0.15, 0.2) is 36.4 Å². The van der Waals surface area contributed by atoms with Crippen molar-refractivity contribution in [3.8, 4) is 0 Å². The van der Waals surface area contributed by atoms with Gasteiger partial charge in [-0.15, -0.1) is 0 Å². The number of rotatable bonds is 2. The summed E-state index contributed by atoms with van der Waals surface area (Å²) in [6.45, 7) is 0. The summed E-state index contributed by atoms with van der Waals surface area (Å²) >= 11 is 0. The standard InChI is InChI=1S/C13H16O/c14-13-8-4-7-12(13)10-9-11-5-2-1-3-6-11/h1-3,5-6,9-10,12-14H,4,7-8H2/b10-9+. The molecule has 0 bridgehead atoms. The summed E-state index contributed by atoms with van der Waals surface area (Å²) in [7, 11) is 0. The Balaban J connectivity index is 2.00. The van der Waals surface area contributed by atoms with E-state index in [0.717, 1.165) is 19.3 Å². The van der Waals surface area contributed by atoms with Crippen LogP contribution in [-0.4, -0.2) is 11.2 Å². The predicted molar refractivity (Wildman–Crippen MR) is 58.8 cm³/mol. The number of aliphatic hydroxyl groups is 1. The second kappa shape index (κ2) is 4.43. The van der Waals surface area contributed by atoms with Crippen LogP contribution < -0.4 is 0 Å². The zero-order valence-corrected chi connectivity index (χ0v) is 8.26. The van der Waals surface area contributed by atoms with Crippen molar-refractivity contribution in [2.45, 2.75) is 25.4 Å². The van der Waals surface area contributed by atoms with E-state index in [-0.39, 0.29) is 6.10 Å². The molecule has 1 saturated carbocycles. The third kappa shape index (κ3) is 2.24. The van der Waals surface area contributed by atoms with Gasteiger partial charge in [0.15, 0.2) is 0 Å². The van der Waals surface area contributed by atoms with Gasteiger partial charge < -0.3 is 5.11 Å². The van der Waals surface area contributed by atoms with Crippen molar-refractivity contribution < 1.29 is 5.11 Å². The summed E-state index contributed by atoms with van der Waals surface area (Å²) in [5.41, 5.74) is 1.21. The Morgan fingerprint density at radius 3 is 2.57 bits per heavy atom. The predicted octanol–water partition coefficient (Wildman–Crippen LogP) is 2.86. The first-order valence-electron chi connectivity index (χ1n) is 5.27. The fraction of sp³-hybridized carbons (Fsp3) is 0.385. The molecule has 0 saturated heterocycles. The van der Waals surface area contributed by atoms with Gasteiger partial charge in [0, 0.05) is 5.92 Å². The maximum absolute atomic E-state index is 9.62. The molecule has 0 aliphatic heterocycles. The summed E-state index contributed by atoms with van der Waals surface area (Å²) < 4.78 is 0. The van der Waals surface area contributed by atoms with Gasteiger partial charge in [-0.3, -0.25) is 0 Å². The van der Waals surface area contributed by atoms with Gasteiger partial charge in [0.1, 0.15) is 0 Å². The van der Waals surface area contributed by atoms with Crippen LogP contribution in [0.5, 0.6) is 0 Å². The highest BCUT2D eigenvalue weighted by Gasteiger charge is 2.22. The van der Waals surface area contributed by atoms with Crippen LogP contribution in [0.1, 0.15) is 24.8 Å². The van der Waals surface area contributed by atoms with E-state index in [9.17, 15) is 5.11 Å². The van der Waals surface area contributed by atoms with Gasteiger partial charge in [-0.05, 0) is 18.4 Å². The molecule has 0 amide bonds. The molecule has 1 aromatic carbocycles. The fourth-order valence-electron chi connectivity index (χ4n) is 1.99. The highest BCUT2D eigenvalue weighted by Crippen LogP contribution is 2.27. The number of benzene rings is 1. The van der Waals surface area contributed by atoms with E-state index in [1.165, 1.54) is 5.56 Å². The van der Waals surface area contributed by atoms with Crippen molar-refractivity contribution in [1.29, 1.82) is 0 Å². The van der Waals surface area contributed by atoms with E-state index < -0.39 is 0 Å². The zero-order chi connectivity index (χ0) is 9.80. The van der Waals surface area contributed by atoms with E-state index in [1.54, 1.807) is 0 Å². The molecular weight excluding hydrogens is 172 g/mol. The molecule has 1 aromatic rings. The minimum absolute atomic E-state index is 0.116. The molecule has 1 fully saturated rings. The molecule has 1 aliphatic carbocycles. The van der Waals surface area contributed by atoms with E-state index in [2.05, 4.69) is 24.3 Å². The molecule has 1 nitrogen and oxygen atoms in total. The second-order valence-corrected chi connectivity index (χ2v) is 3.93. The Hall–Kier alpha value is -1.08. The minimum atomic E-state index is -0.116. The lowest BCUT2D eigenvalue weighted by atomic mass is 10.0. The molecule has 2 rings (SSSR count). The summed E-state index contributed by atoms with van der Waals surface area (Å²) in [5.74, 6) is 0.371. The average Bonchev–Trinajstić information content (AvgIpc) is 2.63. The average molecular weight is 188 g/mol. The van der Waals surface area contributed by atoms with E-state index in [1.807, 2.05) is 18.2 Å².